The van der Waals surface area contributed by atoms with Crippen LogP contribution in [0.4, 0.5) is 0 Å². The summed E-state index contributed by atoms with van der Waals surface area (Å²) in [6, 6.07) is 0. The Bertz CT molecular complexity index is 194. The number of rotatable bonds is 4. The molecular formula is C7H13BN2O2. The summed E-state index contributed by atoms with van der Waals surface area (Å²) in [5.41, 5.74) is 0. The molecule has 0 aromatic carbocycles. The van der Waals surface area contributed by atoms with Gasteiger partial charge in [-0.25, -0.2) is 0 Å². The van der Waals surface area contributed by atoms with Gasteiger partial charge >= 0.3 is 7.12 Å². The lowest BCUT2D eigenvalue weighted by atomic mass is 9.86. The molecule has 2 N–H and O–H groups in total. The SMILES string of the molecule is C=CC1=NCCN1CCB(O)O. The van der Waals surface area contributed by atoms with E-state index in [1.807, 2.05) is 4.90 Å². The van der Waals surface area contributed by atoms with Crippen molar-refractivity contribution in [3.8, 4) is 0 Å². The highest BCUT2D eigenvalue weighted by atomic mass is 16.4. The third kappa shape index (κ3) is 2.35. The van der Waals surface area contributed by atoms with Crippen LogP contribution in [0.2, 0.25) is 6.32 Å². The summed E-state index contributed by atoms with van der Waals surface area (Å²) in [4.78, 5) is 6.17. The molecule has 4 nitrogen and oxygen atoms in total. The second-order valence-electron chi connectivity index (χ2n) is 2.70. The fourth-order valence-corrected chi connectivity index (χ4v) is 1.19. The van der Waals surface area contributed by atoms with E-state index in [9.17, 15) is 0 Å². The molecule has 0 unspecified atom stereocenters. The fourth-order valence-electron chi connectivity index (χ4n) is 1.19. The van der Waals surface area contributed by atoms with E-state index < -0.39 is 7.12 Å². The first-order valence-electron chi connectivity index (χ1n) is 4.02. The molecule has 0 aromatic heterocycles. The molecule has 0 radical (unpaired) electrons. The summed E-state index contributed by atoms with van der Waals surface area (Å²) in [6.45, 7) is 5.89. The van der Waals surface area contributed by atoms with Crippen LogP contribution in [-0.2, 0) is 0 Å². The Kier molecular flexibility index (Phi) is 3.31. The molecule has 1 rings (SSSR count). The van der Waals surface area contributed by atoms with Crippen LogP contribution in [0, 0.1) is 0 Å². The van der Waals surface area contributed by atoms with Gasteiger partial charge < -0.3 is 14.9 Å². The molecule has 12 heavy (non-hydrogen) atoms. The molecule has 1 aliphatic heterocycles. The first-order chi connectivity index (χ1) is 5.74. The maximum Gasteiger partial charge on any atom is 0.453 e. The molecule has 66 valence electrons. The van der Waals surface area contributed by atoms with Gasteiger partial charge in [-0.2, -0.15) is 0 Å². The summed E-state index contributed by atoms with van der Waals surface area (Å²) in [5.74, 6) is 0.857. The van der Waals surface area contributed by atoms with Crippen molar-refractivity contribution >= 4 is 13.0 Å². The van der Waals surface area contributed by atoms with Crippen LogP contribution in [0.15, 0.2) is 17.6 Å². The van der Waals surface area contributed by atoms with Crippen molar-refractivity contribution in [2.45, 2.75) is 6.32 Å². The van der Waals surface area contributed by atoms with E-state index in [4.69, 9.17) is 10.0 Å². The predicted octanol–water partition coefficient (Wildman–Crippen LogP) is -0.641. The van der Waals surface area contributed by atoms with Gasteiger partial charge in [0.1, 0.15) is 5.84 Å². The van der Waals surface area contributed by atoms with Crippen LogP contribution in [0.1, 0.15) is 0 Å². The third-order valence-electron chi connectivity index (χ3n) is 1.81. The Morgan fingerprint density at radius 1 is 1.67 bits per heavy atom. The summed E-state index contributed by atoms with van der Waals surface area (Å²) >= 11 is 0. The maximum absolute atomic E-state index is 8.63. The van der Waals surface area contributed by atoms with Crippen LogP contribution >= 0.6 is 0 Å². The zero-order valence-electron chi connectivity index (χ0n) is 6.98. The molecule has 0 bridgehead atoms. The smallest absolute Gasteiger partial charge is 0.427 e. The van der Waals surface area contributed by atoms with E-state index in [0.717, 1.165) is 18.9 Å². The maximum atomic E-state index is 8.63. The lowest BCUT2D eigenvalue weighted by Gasteiger charge is -2.17. The monoisotopic (exact) mass is 168 g/mol. The van der Waals surface area contributed by atoms with E-state index in [1.54, 1.807) is 6.08 Å². The second kappa shape index (κ2) is 4.28. The van der Waals surface area contributed by atoms with Crippen molar-refractivity contribution in [1.82, 2.24) is 4.90 Å². The van der Waals surface area contributed by atoms with Crippen LogP contribution in [0.5, 0.6) is 0 Å². The van der Waals surface area contributed by atoms with Crippen LogP contribution in [0.3, 0.4) is 0 Å². The van der Waals surface area contributed by atoms with Crippen LogP contribution in [-0.4, -0.2) is 47.5 Å². The van der Waals surface area contributed by atoms with E-state index in [-0.39, 0.29) is 0 Å². The van der Waals surface area contributed by atoms with Gasteiger partial charge in [-0.3, -0.25) is 4.99 Å². The van der Waals surface area contributed by atoms with E-state index in [1.165, 1.54) is 0 Å². The second-order valence-corrected chi connectivity index (χ2v) is 2.70. The average molecular weight is 168 g/mol. The molecule has 1 aliphatic rings. The van der Waals surface area contributed by atoms with Gasteiger partial charge in [-0.05, 0) is 12.4 Å². The van der Waals surface area contributed by atoms with Crippen molar-refractivity contribution in [1.29, 1.82) is 0 Å². The molecule has 1 heterocycles. The van der Waals surface area contributed by atoms with Gasteiger partial charge in [-0.15, -0.1) is 0 Å². The van der Waals surface area contributed by atoms with Gasteiger partial charge in [0, 0.05) is 13.1 Å². The van der Waals surface area contributed by atoms with Gasteiger partial charge in [0.2, 0.25) is 0 Å². The average Bonchev–Trinajstić information content (AvgIpc) is 2.47. The number of hydrogen-bond acceptors (Lipinski definition) is 4. The zero-order valence-corrected chi connectivity index (χ0v) is 6.98. The minimum Gasteiger partial charge on any atom is -0.427 e. The Morgan fingerprint density at radius 3 is 3.00 bits per heavy atom. The van der Waals surface area contributed by atoms with Gasteiger partial charge in [0.15, 0.2) is 0 Å². The molecule has 5 heteroatoms. The Labute approximate surface area is 72.4 Å². The predicted molar refractivity (Wildman–Crippen MR) is 49.1 cm³/mol. The zero-order chi connectivity index (χ0) is 8.97. The summed E-state index contributed by atoms with van der Waals surface area (Å²) < 4.78 is 0. The van der Waals surface area contributed by atoms with Crippen molar-refractivity contribution in [2.24, 2.45) is 4.99 Å². The molecule has 0 saturated heterocycles. The van der Waals surface area contributed by atoms with E-state index in [2.05, 4.69) is 11.6 Å². The van der Waals surface area contributed by atoms with Crippen molar-refractivity contribution < 1.29 is 10.0 Å². The Balaban J connectivity index is 2.33. The first kappa shape index (κ1) is 9.28. The van der Waals surface area contributed by atoms with Crippen LogP contribution < -0.4 is 0 Å². The quantitative estimate of drug-likeness (QED) is 0.549. The number of hydrogen-bond donors (Lipinski definition) is 2. The lowest BCUT2D eigenvalue weighted by Crippen LogP contribution is -2.30. The summed E-state index contributed by atoms with van der Waals surface area (Å²) in [5, 5.41) is 17.3. The van der Waals surface area contributed by atoms with Crippen LogP contribution in [0.25, 0.3) is 0 Å². The third-order valence-corrected chi connectivity index (χ3v) is 1.81. The molecule has 0 atom stereocenters. The normalized spacial score (nSPS) is 16.2. The summed E-state index contributed by atoms with van der Waals surface area (Å²) in [6.07, 6.45) is 2.05. The molecule has 0 aromatic rings. The summed E-state index contributed by atoms with van der Waals surface area (Å²) in [7, 11) is -1.23. The molecule has 0 spiro atoms. The number of amidine groups is 1. The van der Waals surface area contributed by atoms with Gasteiger partial charge in [0.25, 0.3) is 0 Å². The standard InChI is InChI=1S/C7H13BN2O2/c1-2-7-9-4-6-10(7)5-3-8(11)12/h2,11-12H,1,3-6H2. The number of nitrogens with zero attached hydrogens (tertiary/aromatic N) is 2. The minimum absolute atomic E-state index is 0.354. The van der Waals surface area contributed by atoms with Crippen molar-refractivity contribution in [2.75, 3.05) is 19.6 Å². The highest BCUT2D eigenvalue weighted by Gasteiger charge is 2.16. The molecule has 0 aliphatic carbocycles. The molecule has 0 saturated carbocycles. The van der Waals surface area contributed by atoms with Gasteiger partial charge in [-0.1, -0.05) is 6.58 Å². The van der Waals surface area contributed by atoms with E-state index >= 15 is 0 Å². The number of aliphatic imine (C=N–C) groups is 1. The van der Waals surface area contributed by atoms with E-state index in [0.29, 0.717) is 12.9 Å². The fraction of sp³-hybridized carbons (Fsp3) is 0.571. The first-order valence-corrected chi connectivity index (χ1v) is 4.02. The molecule has 0 fully saturated rings. The van der Waals surface area contributed by atoms with Crippen molar-refractivity contribution in [3.63, 3.8) is 0 Å². The highest BCUT2D eigenvalue weighted by molar-refractivity contribution is 6.41. The molecule has 0 amide bonds. The minimum atomic E-state index is -1.23. The largest absolute Gasteiger partial charge is 0.453 e. The highest BCUT2D eigenvalue weighted by Crippen LogP contribution is 2.03. The Hall–Kier alpha value is -0.805. The lowest BCUT2D eigenvalue weighted by molar-refractivity contribution is 0.387. The molecular weight excluding hydrogens is 155 g/mol. The van der Waals surface area contributed by atoms with Gasteiger partial charge in [0.05, 0.1) is 6.54 Å². The van der Waals surface area contributed by atoms with Crippen molar-refractivity contribution in [3.05, 3.63) is 12.7 Å². The Morgan fingerprint density at radius 2 is 2.42 bits per heavy atom. The topological polar surface area (TPSA) is 56.1 Å².